The summed E-state index contributed by atoms with van der Waals surface area (Å²) >= 11 is 0. The summed E-state index contributed by atoms with van der Waals surface area (Å²) < 4.78 is 0. The molecular formula is C48H58Cl2Zr. The standard InChI is InChI=1S/C48H58.2ClH.Zr/c1-30-25-36(47(8,9)10)29-38(30)43-41(32-17-15-14-16-18-32)42-37-24-23-35(46(5,6)7)27-33(37)28-39(42)40(44(43)48(11,12)13)26-31-19-21-34(22-20-31)45(2,3)4;;;/h14-25,27,29-30H,26,28H2,1-13H3;2*1H;/q;;;+2/p-2. The number of rotatable bonds is 4. The first-order valence-corrected chi connectivity index (χ1v) is 18.2. The van der Waals surface area contributed by atoms with Crippen LogP contribution in [0.2, 0.25) is 0 Å². The minimum atomic E-state index is -0.0645. The Balaban J connectivity index is 0.00000234. The summed E-state index contributed by atoms with van der Waals surface area (Å²) in [4.78, 5) is 0. The molecule has 2 aliphatic carbocycles. The summed E-state index contributed by atoms with van der Waals surface area (Å²) in [6.07, 6.45) is 6.99. The number of benzene rings is 4. The van der Waals surface area contributed by atoms with E-state index in [1.165, 1.54) is 77.9 Å². The van der Waals surface area contributed by atoms with Gasteiger partial charge < -0.3 is 24.8 Å². The Morgan fingerprint density at radius 1 is 0.608 bits per heavy atom. The van der Waals surface area contributed by atoms with E-state index >= 15 is 0 Å². The van der Waals surface area contributed by atoms with Gasteiger partial charge in [-0.1, -0.05) is 175 Å². The molecule has 3 heteroatoms. The molecule has 0 amide bonds. The average molecular weight is 797 g/mol. The van der Waals surface area contributed by atoms with Gasteiger partial charge in [-0.05, 0) is 112 Å². The van der Waals surface area contributed by atoms with Crippen LogP contribution in [0, 0.1) is 11.3 Å². The van der Waals surface area contributed by atoms with Crippen LogP contribution in [0.3, 0.4) is 0 Å². The van der Waals surface area contributed by atoms with Gasteiger partial charge in [0, 0.05) is 5.92 Å². The van der Waals surface area contributed by atoms with Crippen molar-refractivity contribution in [3.8, 4) is 22.3 Å². The fraction of sp³-hybridized carbons (Fsp3) is 0.417. The molecule has 0 radical (unpaired) electrons. The monoisotopic (exact) mass is 794 g/mol. The second kappa shape index (κ2) is 15.3. The van der Waals surface area contributed by atoms with E-state index in [0.29, 0.717) is 5.92 Å². The van der Waals surface area contributed by atoms with Crippen LogP contribution < -0.4 is 24.8 Å². The summed E-state index contributed by atoms with van der Waals surface area (Å²) in [7, 11) is 0. The number of allylic oxidation sites excluding steroid dienone is 4. The van der Waals surface area contributed by atoms with Crippen molar-refractivity contribution in [2.45, 2.75) is 119 Å². The number of halogens is 2. The van der Waals surface area contributed by atoms with Gasteiger partial charge in [-0.25, -0.2) is 0 Å². The predicted molar refractivity (Wildman–Crippen MR) is 210 cm³/mol. The maximum atomic E-state index is 2.55. The van der Waals surface area contributed by atoms with E-state index in [1.807, 2.05) is 0 Å². The van der Waals surface area contributed by atoms with Crippen LogP contribution >= 0.6 is 0 Å². The van der Waals surface area contributed by atoms with Gasteiger partial charge in [0.1, 0.15) is 0 Å². The number of hydrogen-bond donors (Lipinski definition) is 0. The van der Waals surface area contributed by atoms with E-state index in [9.17, 15) is 0 Å². The van der Waals surface area contributed by atoms with Crippen molar-refractivity contribution in [3.05, 3.63) is 135 Å². The molecule has 0 N–H and O–H groups in total. The van der Waals surface area contributed by atoms with Gasteiger partial charge in [0.15, 0.2) is 0 Å². The zero-order valence-electron chi connectivity index (χ0n) is 33.3. The summed E-state index contributed by atoms with van der Waals surface area (Å²) in [5.74, 6) is 0.337. The minimum absolute atomic E-state index is 0. The molecule has 0 aromatic heterocycles. The Morgan fingerprint density at radius 2 is 1.18 bits per heavy atom. The van der Waals surface area contributed by atoms with Crippen molar-refractivity contribution in [2.24, 2.45) is 11.3 Å². The molecule has 2 aliphatic rings. The van der Waals surface area contributed by atoms with E-state index in [4.69, 9.17) is 0 Å². The van der Waals surface area contributed by atoms with Crippen LogP contribution in [0.25, 0.3) is 27.8 Å². The van der Waals surface area contributed by atoms with Crippen molar-refractivity contribution in [1.82, 2.24) is 0 Å². The molecule has 1 atom stereocenters. The van der Waals surface area contributed by atoms with Crippen LogP contribution in [-0.2, 0) is 55.3 Å². The molecule has 0 saturated carbocycles. The maximum absolute atomic E-state index is 2.55. The van der Waals surface area contributed by atoms with E-state index in [0.717, 1.165) is 12.8 Å². The second-order valence-corrected chi connectivity index (χ2v) is 18.8. The zero-order valence-corrected chi connectivity index (χ0v) is 37.3. The van der Waals surface area contributed by atoms with E-state index < -0.39 is 0 Å². The fourth-order valence-corrected chi connectivity index (χ4v) is 7.99. The van der Waals surface area contributed by atoms with E-state index in [-0.39, 0.29) is 72.7 Å². The summed E-state index contributed by atoms with van der Waals surface area (Å²) in [6.45, 7) is 30.7. The minimum Gasteiger partial charge on any atom is -1.00 e. The number of hydrogen-bond acceptors (Lipinski definition) is 0. The third-order valence-corrected chi connectivity index (χ3v) is 10.7. The number of fused-ring (bicyclic) bond motifs is 3. The molecule has 268 valence electrons. The van der Waals surface area contributed by atoms with Crippen molar-refractivity contribution in [1.29, 1.82) is 0 Å². The van der Waals surface area contributed by atoms with Crippen LogP contribution in [0.15, 0.2) is 90.5 Å². The molecule has 51 heavy (non-hydrogen) atoms. The van der Waals surface area contributed by atoms with Gasteiger partial charge in [-0.3, -0.25) is 0 Å². The Labute approximate surface area is 342 Å². The summed E-state index contributed by atoms with van der Waals surface area (Å²) in [5.41, 5.74) is 20.5. The molecular weight excluding hydrogens is 739 g/mol. The SMILES string of the molecule is CC1C=C(C(C)(C)C)C=C1c1c(-c2ccccc2)c2c(c(Cc3ccc(C(C)(C)C)cc3)c1C(C)(C)C)Cc1cc(C(C)(C)C)ccc1-2.[Cl-].[Cl-].[Zr+2]. The third kappa shape index (κ3) is 8.48. The largest absolute Gasteiger partial charge is 2.00 e. The first-order chi connectivity index (χ1) is 22.2. The van der Waals surface area contributed by atoms with E-state index in [1.54, 1.807) is 0 Å². The Bertz CT molecular complexity index is 1930. The van der Waals surface area contributed by atoms with Crippen molar-refractivity contribution < 1.29 is 51.0 Å². The first-order valence-electron chi connectivity index (χ1n) is 18.2. The molecule has 0 heterocycles. The van der Waals surface area contributed by atoms with Crippen LogP contribution in [0.1, 0.15) is 135 Å². The first kappa shape index (κ1) is 43.2. The Morgan fingerprint density at radius 3 is 1.69 bits per heavy atom. The van der Waals surface area contributed by atoms with Crippen LogP contribution in [-0.4, -0.2) is 0 Å². The van der Waals surface area contributed by atoms with Gasteiger partial charge in [0.2, 0.25) is 0 Å². The zero-order chi connectivity index (χ0) is 35.0. The van der Waals surface area contributed by atoms with Gasteiger partial charge >= 0.3 is 26.2 Å². The maximum Gasteiger partial charge on any atom is 2.00 e. The molecule has 1 unspecified atom stereocenters. The van der Waals surface area contributed by atoms with Gasteiger partial charge in [0.25, 0.3) is 0 Å². The van der Waals surface area contributed by atoms with Gasteiger partial charge in [-0.2, -0.15) is 0 Å². The molecule has 0 bridgehead atoms. The van der Waals surface area contributed by atoms with E-state index in [2.05, 4.69) is 175 Å². The smallest absolute Gasteiger partial charge is 1.00 e. The summed E-state index contributed by atoms with van der Waals surface area (Å²) in [6, 6.07) is 28.1. The predicted octanol–water partition coefficient (Wildman–Crippen LogP) is 7.42. The van der Waals surface area contributed by atoms with Crippen molar-refractivity contribution in [3.63, 3.8) is 0 Å². The molecule has 4 aromatic carbocycles. The fourth-order valence-electron chi connectivity index (χ4n) is 7.99. The molecule has 0 spiro atoms. The normalized spacial score (nSPS) is 15.5. The molecule has 0 nitrogen and oxygen atoms in total. The molecule has 0 saturated heterocycles. The molecule has 0 fully saturated rings. The quantitative estimate of drug-likeness (QED) is 0.178. The van der Waals surface area contributed by atoms with Gasteiger partial charge in [-0.15, -0.1) is 0 Å². The Kier molecular flexibility index (Phi) is 13.0. The Hall–Kier alpha value is -2.18. The molecule has 0 aliphatic heterocycles. The van der Waals surface area contributed by atoms with Crippen molar-refractivity contribution >= 4 is 5.57 Å². The van der Waals surface area contributed by atoms with Crippen LogP contribution in [0.4, 0.5) is 0 Å². The van der Waals surface area contributed by atoms with Crippen LogP contribution in [0.5, 0.6) is 0 Å². The topological polar surface area (TPSA) is 0 Å². The van der Waals surface area contributed by atoms with Gasteiger partial charge in [0.05, 0.1) is 0 Å². The van der Waals surface area contributed by atoms with Crippen molar-refractivity contribution in [2.75, 3.05) is 0 Å². The summed E-state index contributed by atoms with van der Waals surface area (Å²) in [5, 5.41) is 0. The molecule has 4 aromatic rings. The second-order valence-electron chi connectivity index (χ2n) is 18.8. The molecule has 6 rings (SSSR count). The average Bonchev–Trinajstić information content (AvgIpc) is 3.56. The third-order valence-electron chi connectivity index (χ3n) is 10.7.